The molecule has 1 aliphatic carbocycles. The number of rotatable bonds is 7. The van der Waals surface area contributed by atoms with Crippen molar-refractivity contribution in [3.8, 4) is 11.1 Å². The first-order valence-electron chi connectivity index (χ1n) is 8.95. The number of aliphatic carboxylic acids is 1. The molecule has 7 heteroatoms. The number of thioether (sulfide) groups is 1. The molecular weight excluding hydrogens is 378 g/mol. The van der Waals surface area contributed by atoms with E-state index in [0.29, 0.717) is 5.75 Å². The van der Waals surface area contributed by atoms with Gasteiger partial charge in [-0.1, -0.05) is 60.3 Å². The number of hydrogen-bond donors (Lipinski definition) is 2. The lowest BCUT2D eigenvalue weighted by molar-refractivity contribution is -0.139. The van der Waals surface area contributed by atoms with Gasteiger partial charge in [-0.3, -0.25) is 4.79 Å². The summed E-state index contributed by atoms with van der Waals surface area (Å²) in [6.07, 6.45) is -0.633. The molecule has 2 N–H and O–H groups in total. The standard InChI is InChI=1S/C21H21NO5S/c1-13(23)28-11-10-19(20(24)25)22-21(26)27-12-18-16-8-4-2-6-14(16)15-7-3-5-9-17(15)18/h2-9,18-19H,10-12H2,1H3,(H,22,26)(H,24,25)/t19-/m0/s1. The normalized spacial score (nSPS) is 13.3. The van der Waals surface area contributed by atoms with Gasteiger partial charge in [-0.05, 0) is 28.7 Å². The van der Waals surface area contributed by atoms with Gasteiger partial charge in [0.25, 0.3) is 0 Å². The average molecular weight is 399 g/mol. The predicted octanol–water partition coefficient (Wildman–Crippen LogP) is 3.65. The number of carbonyl (C=O) groups is 3. The van der Waals surface area contributed by atoms with E-state index in [1.165, 1.54) is 6.92 Å². The molecule has 1 aliphatic rings. The summed E-state index contributed by atoms with van der Waals surface area (Å²) >= 11 is 1.03. The zero-order valence-electron chi connectivity index (χ0n) is 15.4. The monoisotopic (exact) mass is 399 g/mol. The van der Waals surface area contributed by atoms with Crippen LogP contribution in [0.2, 0.25) is 0 Å². The molecule has 0 heterocycles. The number of nitrogens with one attached hydrogen (secondary N) is 1. The number of ether oxygens (including phenoxy) is 1. The molecule has 0 fully saturated rings. The molecule has 0 aliphatic heterocycles. The van der Waals surface area contributed by atoms with E-state index < -0.39 is 18.1 Å². The van der Waals surface area contributed by atoms with Crippen molar-refractivity contribution in [1.82, 2.24) is 5.32 Å². The summed E-state index contributed by atoms with van der Waals surface area (Å²) in [7, 11) is 0. The van der Waals surface area contributed by atoms with Crippen LogP contribution in [0.4, 0.5) is 4.79 Å². The van der Waals surface area contributed by atoms with Gasteiger partial charge in [0, 0.05) is 18.6 Å². The Morgan fingerprint density at radius 3 is 2.18 bits per heavy atom. The summed E-state index contributed by atoms with van der Waals surface area (Å²) in [5, 5.41) is 11.5. The first-order valence-corrected chi connectivity index (χ1v) is 9.93. The van der Waals surface area contributed by atoms with Crippen LogP contribution in [0.25, 0.3) is 11.1 Å². The summed E-state index contributed by atoms with van der Waals surface area (Å²) in [6, 6.07) is 14.9. The van der Waals surface area contributed by atoms with Crippen molar-refractivity contribution < 1.29 is 24.2 Å². The lowest BCUT2D eigenvalue weighted by Gasteiger charge is -2.17. The van der Waals surface area contributed by atoms with Crippen LogP contribution in [0.3, 0.4) is 0 Å². The van der Waals surface area contributed by atoms with Crippen molar-refractivity contribution in [2.24, 2.45) is 0 Å². The smallest absolute Gasteiger partial charge is 0.407 e. The molecule has 0 saturated heterocycles. The number of carbonyl (C=O) groups excluding carboxylic acids is 2. The topological polar surface area (TPSA) is 92.7 Å². The van der Waals surface area contributed by atoms with Gasteiger partial charge in [0.2, 0.25) is 0 Å². The number of carboxylic acids is 1. The lowest BCUT2D eigenvalue weighted by atomic mass is 9.98. The summed E-state index contributed by atoms with van der Waals surface area (Å²) in [5.41, 5.74) is 4.42. The fourth-order valence-electron chi connectivity index (χ4n) is 3.36. The van der Waals surface area contributed by atoms with E-state index in [4.69, 9.17) is 4.74 Å². The van der Waals surface area contributed by atoms with Gasteiger partial charge in [-0.15, -0.1) is 0 Å². The maximum atomic E-state index is 12.2. The van der Waals surface area contributed by atoms with Crippen molar-refractivity contribution in [3.63, 3.8) is 0 Å². The molecule has 1 amide bonds. The highest BCUT2D eigenvalue weighted by molar-refractivity contribution is 8.13. The molecule has 28 heavy (non-hydrogen) atoms. The molecule has 2 aromatic rings. The maximum Gasteiger partial charge on any atom is 0.407 e. The number of fused-ring (bicyclic) bond motifs is 3. The zero-order chi connectivity index (χ0) is 20.1. The quantitative estimate of drug-likeness (QED) is 0.738. The molecule has 0 unspecified atom stereocenters. The van der Waals surface area contributed by atoms with Crippen molar-refractivity contribution in [1.29, 1.82) is 0 Å². The van der Waals surface area contributed by atoms with Crippen LogP contribution in [0.5, 0.6) is 0 Å². The Balaban J connectivity index is 1.62. The van der Waals surface area contributed by atoms with Gasteiger partial charge in [0.05, 0.1) is 0 Å². The van der Waals surface area contributed by atoms with Crippen LogP contribution in [0, 0.1) is 0 Å². The minimum Gasteiger partial charge on any atom is -0.480 e. The number of alkyl carbamates (subject to hydrolysis) is 1. The highest BCUT2D eigenvalue weighted by Crippen LogP contribution is 2.44. The highest BCUT2D eigenvalue weighted by atomic mass is 32.2. The fraction of sp³-hybridized carbons (Fsp3) is 0.286. The Hall–Kier alpha value is -2.80. The van der Waals surface area contributed by atoms with Crippen LogP contribution in [0.15, 0.2) is 48.5 Å². The Morgan fingerprint density at radius 2 is 1.64 bits per heavy atom. The van der Waals surface area contributed by atoms with Crippen LogP contribution in [-0.4, -0.2) is 40.7 Å². The van der Waals surface area contributed by atoms with Gasteiger partial charge in [-0.2, -0.15) is 0 Å². The third-order valence-corrected chi connectivity index (χ3v) is 5.49. The number of hydrogen-bond acceptors (Lipinski definition) is 5. The van der Waals surface area contributed by atoms with E-state index in [1.54, 1.807) is 0 Å². The number of benzene rings is 2. The summed E-state index contributed by atoms with van der Waals surface area (Å²) in [4.78, 5) is 34.5. The van der Waals surface area contributed by atoms with Crippen molar-refractivity contribution in [2.45, 2.75) is 25.3 Å². The van der Waals surface area contributed by atoms with Crippen LogP contribution in [0.1, 0.15) is 30.4 Å². The molecule has 0 radical (unpaired) electrons. The van der Waals surface area contributed by atoms with E-state index in [0.717, 1.165) is 34.0 Å². The molecule has 2 aromatic carbocycles. The molecule has 0 aromatic heterocycles. The lowest BCUT2D eigenvalue weighted by Crippen LogP contribution is -2.41. The van der Waals surface area contributed by atoms with Crippen molar-refractivity contribution >= 4 is 28.9 Å². The summed E-state index contributed by atoms with van der Waals surface area (Å²) in [5.74, 6) is -0.928. The first kappa shape index (κ1) is 19.9. The van der Waals surface area contributed by atoms with E-state index in [9.17, 15) is 19.5 Å². The van der Waals surface area contributed by atoms with Crippen LogP contribution in [-0.2, 0) is 14.3 Å². The van der Waals surface area contributed by atoms with Crippen molar-refractivity contribution in [2.75, 3.05) is 12.4 Å². The predicted molar refractivity (Wildman–Crippen MR) is 107 cm³/mol. The van der Waals surface area contributed by atoms with Gasteiger partial charge < -0.3 is 15.2 Å². The second kappa shape index (κ2) is 8.93. The Bertz CT molecular complexity index is 852. The molecule has 0 bridgehead atoms. The molecule has 0 spiro atoms. The Kier molecular flexibility index (Phi) is 6.36. The van der Waals surface area contributed by atoms with E-state index in [2.05, 4.69) is 5.32 Å². The fourth-order valence-corrected chi connectivity index (χ4v) is 4.00. The summed E-state index contributed by atoms with van der Waals surface area (Å²) < 4.78 is 5.36. The molecular formula is C21H21NO5S. The molecule has 1 atom stereocenters. The van der Waals surface area contributed by atoms with Gasteiger partial charge in [0.1, 0.15) is 12.6 Å². The SMILES string of the molecule is CC(=O)SCC[C@H](NC(=O)OCC1c2ccccc2-c2ccccc21)C(=O)O. The van der Waals surface area contributed by atoms with Crippen molar-refractivity contribution in [3.05, 3.63) is 59.7 Å². The van der Waals surface area contributed by atoms with E-state index in [-0.39, 0.29) is 24.1 Å². The molecule has 146 valence electrons. The first-order chi connectivity index (χ1) is 13.5. The Morgan fingerprint density at radius 1 is 1.07 bits per heavy atom. The number of carboxylic acid groups (broad SMARTS) is 1. The van der Waals surface area contributed by atoms with Gasteiger partial charge >= 0.3 is 12.1 Å². The third-order valence-electron chi connectivity index (χ3n) is 4.65. The number of amides is 1. The zero-order valence-corrected chi connectivity index (χ0v) is 16.2. The average Bonchev–Trinajstić information content (AvgIpc) is 2.99. The highest BCUT2D eigenvalue weighted by Gasteiger charge is 2.29. The van der Waals surface area contributed by atoms with Crippen LogP contribution < -0.4 is 5.32 Å². The Labute approximate surface area is 167 Å². The minimum absolute atomic E-state index is 0.0882. The van der Waals surface area contributed by atoms with E-state index >= 15 is 0 Å². The van der Waals surface area contributed by atoms with Gasteiger partial charge in [0.15, 0.2) is 5.12 Å². The largest absolute Gasteiger partial charge is 0.480 e. The van der Waals surface area contributed by atoms with E-state index in [1.807, 2.05) is 48.5 Å². The second-order valence-corrected chi connectivity index (χ2v) is 7.76. The third kappa shape index (κ3) is 4.54. The summed E-state index contributed by atoms with van der Waals surface area (Å²) in [6.45, 7) is 1.54. The molecule has 6 nitrogen and oxygen atoms in total. The maximum absolute atomic E-state index is 12.2. The second-order valence-electron chi connectivity index (χ2n) is 6.49. The molecule has 0 saturated carbocycles. The van der Waals surface area contributed by atoms with Gasteiger partial charge in [-0.25, -0.2) is 9.59 Å². The minimum atomic E-state index is -1.15. The molecule has 3 rings (SSSR count). The van der Waals surface area contributed by atoms with Crippen LogP contribution >= 0.6 is 11.8 Å².